The van der Waals surface area contributed by atoms with E-state index >= 15 is 0 Å². The number of halogens is 4. The summed E-state index contributed by atoms with van der Waals surface area (Å²) in [5.41, 5.74) is 5.59. The van der Waals surface area contributed by atoms with E-state index < -0.39 is 17.7 Å². The molecule has 0 bridgehead atoms. The minimum absolute atomic E-state index is 0.0137. The molecule has 0 radical (unpaired) electrons. The zero-order valence-electron chi connectivity index (χ0n) is 13.5. The third kappa shape index (κ3) is 4.37. The van der Waals surface area contributed by atoms with Gasteiger partial charge in [0.05, 0.1) is 21.8 Å². The van der Waals surface area contributed by atoms with Gasteiger partial charge in [-0.25, -0.2) is 4.79 Å². The van der Waals surface area contributed by atoms with Crippen molar-refractivity contribution in [2.24, 2.45) is 0 Å². The second-order valence-electron chi connectivity index (χ2n) is 5.40. The Bertz CT molecular complexity index is 972. The number of nitrogens with zero attached hydrogens (tertiary/aromatic N) is 2. The molecule has 2 N–H and O–H groups in total. The molecule has 0 fully saturated rings. The SMILES string of the molecule is Nc1cc(C(=O)OCc2nc(-c3ccc(C(F)(F)F)cc3)no2)ccc1Cl. The fourth-order valence-corrected chi connectivity index (χ4v) is 2.24. The summed E-state index contributed by atoms with van der Waals surface area (Å²) in [6.45, 7) is -0.311. The molecule has 0 amide bonds. The highest BCUT2D eigenvalue weighted by Crippen LogP contribution is 2.30. The van der Waals surface area contributed by atoms with Gasteiger partial charge in [-0.1, -0.05) is 28.9 Å². The van der Waals surface area contributed by atoms with Gasteiger partial charge in [0.25, 0.3) is 5.89 Å². The summed E-state index contributed by atoms with van der Waals surface area (Å²) >= 11 is 5.78. The van der Waals surface area contributed by atoms with E-state index in [1.165, 1.54) is 30.3 Å². The van der Waals surface area contributed by atoms with Crippen LogP contribution in [0, 0.1) is 0 Å². The van der Waals surface area contributed by atoms with Gasteiger partial charge >= 0.3 is 12.1 Å². The maximum Gasteiger partial charge on any atom is 0.416 e. The Kier molecular flexibility index (Phi) is 5.04. The lowest BCUT2D eigenvalue weighted by atomic mass is 10.1. The van der Waals surface area contributed by atoms with E-state index in [9.17, 15) is 18.0 Å². The van der Waals surface area contributed by atoms with Gasteiger partial charge in [-0.05, 0) is 30.3 Å². The normalized spacial score (nSPS) is 11.4. The van der Waals surface area contributed by atoms with E-state index in [1.807, 2.05) is 0 Å². The molecule has 27 heavy (non-hydrogen) atoms. The van der Waals surface area contributed by atoms with Crippen LogP contribution in [0.3, 0.4) is 0 Å². The predicted molar refractivity (Wildman–Crippen MR) is 89.7 cm³/mol. The molecular formula is C17H11ClF3N3O3. The molecule has 0 unspecified atom stereocenters. The summed E-state index contributed by atoms with van der Waals surface area (Å²) in [6.07, 6.45) is -4.43. The molecule has 3 aromatic rings. The number of aromatic nitrogens is 2. The van der Waals surface area contributed by atoms with Crippen LogP contribution in [0.2, 0.25) is 5.02 Å². The molecule has 0 aliphatic heterocycles. The average Bonchev–Trinajstić information content (AvgIpc) is 3.10. The Morgan fingerprint density at radius 3 is 2.52 bits per heavy atom. The lowest BCUT2D eigenvalue weighted by Crippen LogP contribution is -2.06. The molecule has 2 aromatic carbocycles. The van der Waals surface area contributed by atoms with Gasteiger partial charge in [-0.3, -0.25) is 0 Å². The number of hydrogen-bond donors (Lipinski definition) is 1. The summed E-state index contributed by atoms with van der Waals surface area (Å²) in [4.78, 5) is 16.0. The van der Waals surface area contributed by atoms with Gasteiger partial charge in [-0.2, -0.15) is 18.2 Å². The lowest BCUT2D eigenvalue weighted by Gasteiger charge is -2.05. The number of nitrogens with two attached hydrogens (primary N) is 1. The summed E-state index contributed by atoms with van der Waals surface area (Å²) in [7, 11) is 0. The number of nitrogen functional groups attached to an aromatic ring is 1. The van der Waals surface area contributed by atoms with Gasteiger partial charge < -0.3 is 15.0 Å². The smallest absolute Gasteiger partial charge is 0.416 e. The zero-order valence-corrected chi connectivity index (χ0v) is 14.2. The first-order valence-electron chi connectivity index (χ1n) is 7.46. The van der Waals surface area contributed by atoms with Crippen molar-refractivity contribution in [3.8, 4) is 11.4 Å². The Morgan fingerprint density at radius 1 is 1.19 bits per heavy atom. The first-order chi connectivity index (χ1) is 12.7. The molecule has 140 valence electrons. The molecule has 1 aromatic heterocycles. The van der Waals surface area contributed by atoms with Crippen LogP contribution < -0.4 is 5.73 Å². The molecule has 6 nitrogen and oxygen atoms in total. The highest BCUT2D eigenvalue weighted by atomic mass is 35.5. The standard InChI is InChI=1S/C17H11ClF3N3O3/c18-12-6-3-10(7-13(12)22)16(25)26-8-14-23-15(24-27-14)9-1-4-11(5-2-9)17(19,20)21/h1-7H,8,22H2. The average molecular weight is 398 g/mol. The highest BCUT2D eigenvalue weighted by Gasteiger charge is 2.30. The van der Waals surface area contributed by atoms with Gasteiger partial charge in [-0.15, -0.1) is 0 Å². The van der Waals surface area contributed by atoms with E-state index in [4.69, 9.17) is 26.6 Å². The lowest BCUT2D eigenvalue weighted by molar-refractivity contribution is -0.137. The fourth-order valence-electron chi connectivity index (χ4n) is 2.12. The van der Waals surface area contributed by atoms with E-state index in [0.717, 1.165) is 12.1 Å². The fraction of sp³-hybridized carbons (Fsp3) is 0.118. The van der Waals surface area contributed by atoms with Crippen LogP contribution in [0.1, 0.15) is 21.8 Å². The van der Waals surface area contributed by atoms with Crippen LogP contribution in [-0.4, -0.2) is 16.1 Å². The maximum absolute atomic E-state index is 12.6. The van der Waals surface area contributed by atoms with Crippen LogP contribution in [0.5, 0.6) is 0 Å². The second-order valence-corrected chi connectivity index (χ2v) is 5.81. The molecule has 0 saturated carbocycles. The van der Waals surface area contributed by atoms with E-state index in [0.29, 0.717) is 10.6 Å². The molecule has 0 spiro atoms. The van der Waals surface area contributed by atoms with E-state index in [2.05, 4.69) is 10.1 Å². The molecule has 3 rings (SSSR count). The number of ether oxygens (including phenoxy) is 1. The molecule has 0 atom stereocenters. The Morgan fingerprint density at radius 2 is 1.89 bits per heavy atom. The summed E-state index contributed by atoms with van der Waals surface area (Å²) in [6, 6.07) is 8.55. The third-order valence-electron chi connectivity index (χ3n) is 3.50. The van der Waals surface area contributed by atoms with Gasteiger partial charge in [0, 0.05) is 5.56 Å². The quantitative estimate of drug-likeness (QED) is 0.520. The van der Waals surface area contributed by atoms with Crippen molar-refractivity contribution < 1.29 is 27.2 Å². The number of anilines is 1. The maximum atomic E-state index is 12.6. The molecule has 0 aliphatic carbocycles. The zero-order chi connectivity index (χ0) is 19.6. The largest absolute Gasteiger partial charge is 0.452 e. The first kappa shape index (κ1) is 18.7. The molecular weight excluding hydrogens is 387 g/mol. The number of rotatable bonds is 4. The highest BCUT2D eigenvalue weighted by molar-refractivity contribution is 6.33. The first-order valence-corrected chi connectivity index (χ1v) is 7.84. The monoisotopic (exact) mass is 397 g/mol. The van der Waals surface area contributed by atoms with Crippen molar-refractivity contribution in [2.75, 3.05) is 5.73 Å². The van der Waals surface area contributed by atoms with Crippen LogP contribution >= 0.6 is 11.6 Å². The van der Waals surface area contributed by atoms with E-state index in [-0.39, 0.29) is 29.6 Å². The number of alkyl halides is 3. The molecule has 0 saturated heterocycles. The van der Waals surface area contributed by atoms with Crippen molar-refractivity contribution in [3.05, 3.63) is 64.5 Å². The number of benzene rings is 2. The Hall–Kier alpha value is -3.07. The molecule has 1 heterocycles. The Labute approximate surface area is 155 Å². The van der Waals surface area contributed by atoms with Crippen molar-refractivity contribution in [2.45, 2.75) is 12.8 Å². The van der Waals surface area contributed by atoms with Gasteiger partial charge in [0.15, 0.2) is 6.61 Å². The van der Waals surface area contributed by atoms with Crippen LogP contribution in [0.25, 0.3) is 11.4 Å². The number of carbonyl (C=O) groups excluding carboxylic acids is 1. The minimum Gasteiger partial charge on any atom is -0.452 e. The number of hydrogen-bond acceptors (Lipinski definition) is 6. The summed E-state index contributed by atoms with van der Waals surface area (Å²) < 4.78 is 47.7. The van der Waals surface area contributed by atoms with E-state index in [1.54, 1.807) is 0 Å². The predicted octanol–water partition coefficient (Wildman–Crippen LogP) is 4.35. The summed E-state index contributed by atoms with van der Waals surface area (Å²) in [5.74, 6) is -0.613. The minimum atomic E-state index is -4.43. The van der Waals surface area contributed by atoms with Crippen molar-refractivity contribution in [1.82, 2.24) is 10.1 Å². The van der Waals surface area contributed by atoms with Crippen molar-refractivity contribution in [1.29, 1.82) is 0 Å². The second kappa shape index (κ2) is 7.28. The van der Waals surface area contributed by atoms with Gasteiger partial charge in [0.2, 0.25) is 5.82 Å². The van der Waals surface area contributed by atoms with Crippen LogP contribution in [0.15, 0.2) is 47.0 Å². The molecule has 0 aliphatic rings. The van der Waals surface area contributed by atoms with Crippen molar-refractivity contribution >= 4 is 23.3 Å². The van der Waals surface area contributed by atoms with Gasteiger partial charge in [0.1, 0.15) is 0 Å². The summed E-state index contributed by atoms with van der Waals surface area (Å²) in [5, 5.41) is 3.97. The van der Waals surface area contributed by atoms with Crippen LogP contribution in [-0.2, 0) is 17.5 Å². The molecule has 10 heteroatoms. The number of carbonyl (C=O) groups is 1. The van der Waals surface area contributed by atoms with Crippen LogP contribution in [0.4, 0.5) is 18.9 Å². The number of esters is 1. The Balaban J connectivity index is 1.65. The third-order valence-corrected chi connectivity index (χ3v) is 3.84. The van der Waals surface area contributed by atoms with Crippen molar-refractivity contribution in [3.63, 3.8) is 0 Å². The topological polar surface area (TPSA) is 91.2 Å².